The molecule has 2 N–H and O–H groups in total. The number of aromatic amines is 1. The number of carbonyl (C=O) groups excluding carboxylic acids is 1. The van der Waals surface area contributed by atoms with E-state index >= 15 is 0 Å². The summed E-state index contributed by atoms with van der Waals surface area (Å²) in [5.74, 6) is 0.587. The largest absolute Gasteiger partial charge is 0.360 e. The van der Waals surface area contributed by atoms with Crippen molar-refractivity contribution in [2.24, 2.45) is 0 Å². The number of fused-ring (bicyclic) bond motifs is 1. The number of nitrogens with one attached hydrogen (secondary N) is 2. The normalized spacial score (nSPS) is 11.2. The molecule has 4 aromatic rings. The molecule has 0 spiro atoms. The van der Waals surface area contributed by atoms with Crippen molar-refractivity contribution in [2.75, 3.05) is 37.9 Å². The summed E-state index contributed by atoms with van der Waals surface area (Å²) in [4.78, 5) is 26.0. The SMILES string of the molecule is CCCN(C)c1ccc(NC(=O)c2n[nH]c3ccc(-c4cncc(CN(C)C)c4)cc23)cn1. The van der Waals surface area contributed by atoms with Gasteiger partial charge in [0.1, 0.15) is 5.82 Å². The van der Waals surface area contributed by atoms with Crippen molar-refractivity contribution >= 4 is 28.3 Å². The highest BCUT2D eigenvalue weighted by Gasteiger charge is 2.16. The molecule has 0 aliphatic carbocycles. The summed E-state index contributed by atoms with van der Waals surface area (Å²) in [7, 11) is 6.06. The standard InChI is InChI=1S/C25H29N7O/c1-5-10-32(4)23-9-7-20(15-27-23)28-25(33)24-21-12-18(6-8-22(21)29-30-24)19-11-17(13-26-14-19)16-31(2)3/h6-9,11-15H,5,10,16H2,1-4H3,(H,28,33)(H,29,30). The van der Waals surface area contributed by atoms with E-state index in [9.17, 15) is 4.79 Å². The number of H-pyrrole nitrogens is 1. The van der Waals surface area contributed by atoms with Crippen molar-refractivity contribution in [2.45, 2.75) is 19.9 Å². The Kier molecular flexibility index (Phi) is 6.65. The van der Waals surface area contributed by atoms with E-state index in [0.29, 0.717) is 11.4 Å². The predicted molar refractivity (Wildman–Crippen MR) is 132 cm³/mol. The van der Waals surface area contributed by atoms with Gasteiger partial charge in [-0.2, -0.15) is 5.10 Å². The zero-order valence-electron chi connectivity index (χ0n) is 19.5. The highest BCUT2D eigenvalue weighted by molar-refractivity contribution is 6.11. The number of rotatable bonds is 8. The molecule has 8 heteroatoms. The molecule has 0 saturated carbocycles. The van der Waals surface area contributed by atoms with Crippen LogP contribution in [-0.2, 0) is 6.54 Å². The number of hydrogen-bond donors (Lipinski definition) is 2. The first-order valence-corrected chi connectivity index (χ1v) is 11.0. The third-order valence-electron chi connectivity index (χ3n) is 5.36. The van der Waals surface area contributed by atoms with Crippen LogP contribution in [0.4, 0.5) is 11.5 Å². The molecule has 8 nitrogen and oxygen atoms in total. The number of hydrogen-bond acceptors (Lipinski definition) is 6. The smallest absolute Gasteiger partial charge is 0.276 e. The van der Waals surface area contributed by atoms with E-state index in [0.717, 1.165) is 52.9 Å². The van der Waals surface area contributed by atoms with Gasteiger partial charge >= 0.3 is 0 Å². The van der Waals surface area contributed by atoms with Gasteiger partial charge < -0.3 is 15.1 Å². The van der Waals surface area contributed by atoms with Crippen molar-refractivity contribution in [1.29, 1.82) is 0 Å². The number of anilines is 2. The third-order valence-corrected chi connectivity index (χ3v) is 5.36. The number of amides is 1. The van der Waals surface area contributed by atoms with Crippen LogP contribution in [-0.4, -0.2) is 58.7 Å². The van der Waals surface area contributed by atoms with Gasteiger partial charge in [-0.25, -0.2) is 4.98 Å². The lowest BCUT2D eigenvalue weighted by molar-refractivity contribution is 0.102. The van der Waals surface area contributed by atoms with Crippen molar-refractivity contribution in [3.8, 4) is 11.1 Å². The summed E-state index contributed by atoms with van der Waals surface area (Å²) in [5, 5.41) is 10.9. The Morgan fingerprint density at radius 3 is 2.61 bits per heavy atom. The predicted octanol–water partition coefficient (Wildman–Crippen LogP) is 4.18. The van der Waals surface area contributed by atoms with E-state index < -0.39 is 0 Å². The van der Waals surface area contributed by atoms with E-state index in [2.05, 4.69) is 48.3 Å². The molecule has 0 unspecified atom stereocenters. The highest BCUT2D eigenvalue weighted by atomic mass is 16.1. The Morgan fingerprint density at radius 1 is 1.03 bits per heavy atom. The molecule has 33 heavy (non-hydrogen) atoms. The molecule has 0 atom stereocenters. The Bertz CT molecular complexity index is 1250. The topological polar surface area (TPSA) is 90.0 Å². The fraction of sp³-hybridized carbons (Fsp3) is 0.280. The lowest BCUT2D eigenvalue weighted by Crippen LogP contribution is -2.19. The zero-order valence-corrected chi connectivity index (χ0v) is 19.5. The molecule has 0 aliphatic heterocycles. The molecule has 3 aromatic heterocycles. The lowest BCUT2D eigenvalue weighted by Gasteiger charge is -2.17. The summed E-state index contributed by atoms with van der Waals surface area (Å²) in [6.45, 7) is 3.86. The summed E-state index contributed by atoms with van der Waals surface area (Å²) < 4.78 is 0. The van der Waals surface area contributed by atoms with Crippen LogP contribution in [0.3, 0.4) is 0 Å². The lowest BCUT2D eigenvalue weighted by atomic mass is 10.0. The van der Waals surface area contributed by atoms with Gasteiger partial charge in [0.2, 0.25) is 0 Å². The molecule has 0 bridgehead atoms. The third kappa shape index (κ3) is 5.18. The Morgan fingerprint density at radius 2 is 1.88 bits per heavy atom. The van der Waals surface area contributed by atoms with Gasteiger partial charge in [-0.1, -0.05) is 13.0 Å². The first-order valence-electron chi connectivity index (χ1n) is 11.0. The molecule has 0 fully saturated rings. The van der Waals surface area contributed by atoms with Gasteiger partial charge in [0.15, 0.2) is 5.69 Å². The molecule has 4 rings (SSSR count). The highest BCUT2D eigenvalue weighted by Crippen LogP contribution is 2.26. The van der Waals surface area contributed by atoms with Crippen LogP contribution < -0.4 is 10.2 Å². The van der Waals surface area contributed by atoms with E-state index in [4.69, 9.17) is 0 Å². The second-order valence-electron chi connectivity index (χ2n) is 8.43. The summed E-state index contributed by atoms with van der Waals surface area (Å²) in [5.41, 5.74) is 4.88. The number of carbonyl (C=O) groups is 1. The molecule has 0 saturated heterocycles. The van der Waals surface area contributed by atoms with E-state index in [1.54, 1.807) is 6.20 Å². The van der Waals surface area contributed by atoms with Gasteiger partial charge in [0.05, 0.1) is 17.4 Å². The van der Waals surface area contributed by atoms with Crippen LogP contribution in [0.2, 0.25) is 0 Å². The van der Waals surface area contributed by atoms with E-state index in [1.807, 2.05) is 63.9 Å². The van der Waals surface area contributed by atoms with Crippen molar-refractivity contribution < 1.29 is 4.79 Å². The monoisotopic (exact) mass is 443 g/mol. The molecule has 3 heterocycles. The molecule has 0 radical (unpaired) electrons. The first kappa shape index (κ1) is 22.4. The number of pyridine rings is 2. The number of aromatic nitrogens is 4. The Hall–Kier alpha value is -3.78. The molecular weight excluding hydrogens is 414 g/mol. The first-order chi connectivity index (χ1) is 15.9. The van der Waals surface area contributed by atoms with Crippen LogP contribution in [0.5, 0.6) is 0 Å². The molecule has 1 aromatic carbocycles. The van der Waals surface area contributed by atoms with E-state index in [-0.39, 0.29) is 5.91 Å². The Balaban J connectivity index is 1.57. The van der Waals surface area contributed by atoms with Crippen LogP contribution in [0.25, 0.3) is 22.0 Å². The van der Waals surface area contributed by atoms with Gasteiger partial charge in [-0.3, -0.25) is 14.9 Å². The minimum absolute atomic E-state index is 0.283. The molecular formula is C25H29N7O. The minimum atomic E-state index is -0.283. The van der Waals surface area contributed by atoms with Crippen molar-refractivity contribution in [3.63, 3.8) is 0 Å². The molecule has 0 aliphatic rings. The minimum Gasteiger partial charge on any atom is -0.360 e. The van der Waals surface area contributed by atoms with Crippen LogP contribution in [0.1, 0.15) is 29.4 Å². The Labute approximate surface area is 193 Å². The average molecular weight is 444 g/mol. The van der Waals surface area contributed by atoms with Gasteiger partial charge in [0.25, 0.3) is 5.91 Å². The maximum absolute atomic E-state index is 13.0. The summed E-state index contributed by atoms with van der Waals surface area (Å²) >= 11 is 0. The van der Waals surface area contributed by atoms with E-state index in [1.165, 1.54) is 0 Å². The van der Waals surface area contributed by atoms with Crippen molar-refractivity contribution in [3.05, 3.63) is 66.2 Å². The van der Waals surface area contributed by atoms with Gasteiger partial charge in [-0.15, -0.1) is 0 Å². The second-order valence-corrected chi connectivity index (χ2v) is 8.43. The quantitative estimate of drug-likeness (QED) is 0.425. The van der Waals surface area contributed by atoms with Crippen LogP contribution in [0, 0.1) is 0 Å². The maximum Gasteiger partial charge on any atom is 0.276 e. The maximum atomic E-state index is 13.0. The average Bonchev–Trinajstić information content (AvgIpc) is 3.23. The molecule has 170 valence electrons. The second kappa shape index (κ2) is 9.79. The number of nitrogens with zero attached hydrogens (tertiary/aromatic N) is 5. The van der Waals surface area contributed by atoms with Crippen LogP contribution >= 0.6 is 0 Å². The zero-order chi connectivity index (χ0) is 23.4. The van der Waals surface area contributed by atoms with Crippen LogP contribution in [0.15, 0.2) is 55.0 Å². The molecule has 1 amide bonds. The fourth-order valence-corrected chi connectivity index (χ4v) is 3.79. The van der Waals surface area contributed by atoms with Gasteiger partial charge in [0, 0.05) is 43.5 Å². The number of benzene rings is 1. The van der Waals surface area contributed by atoms with Gasteiger partial charge in [-0.05, 0) is 62.0 Å². The van der Waals surface area contributed by atoms with Crippen molar-refractivity contribution in [1.82, 2.24) is 25.1 Å². The fourth-order valence-electron chi connectivity index (χ4n) is 3.79. The summed E-state index contributed by atoms with van der Waals surface area (Å²) in [6.07, 6.45) is 6.42. The summed E-state index contributed by atoms with van der Waals surface area (Å²) in [6, 6.07) is 11.8.